The van der Waals surface area contributed by atoms with E-state index in [1.165, 1.54) is 18.6 Å². The van der Waals surface area contributed by atoms with Crippen LogP contribution in [0.25, 0.3) is 0 Å². The summed E-state index contributed by atoms with van der Waals surface area (Å²) in [5, 5.41) is 13.9. The minimum Gasteiger partial charge on any atom is -0.394 e. The first-order valence-electron chi connectivity index (χ1n) is 6.24. The molecule has 0 amide bonds. The monoisotopic (exact) mass is 231 g/mol. The summed E-state index contributed by atoms with van der Waals surface area (Å²) in [5.41, 5.74) is 0.0289. The van der Waals surface area contributed by atoms with E-state index in [-0.39, 0.29) is 5.54 Å². The van der Waals surface area contributed by atoms with Crippen molar-refractivity contribution in [3.8, 4) is 0 Å². The molecule has 3 heteroatoms. The number of hydrogen-bond acceptors (Lipinski definition) is 3. The molecule has 1 fully saturated rings. The Morgan fingerprint density at radius 2 is 2.27 bits per heavy atom. The zero-order valence-corrected chi connectivity index (χ0v) is 10.9. The second-order valence-electron chi connectivity index (χ2n) is 4.54. The van der Waals surface area contributed by atoms with Crippen LogP contribution >= 0.6 is 11.8 Å². The van der Waals surface area contributed by atoms with Crippen LogP contribution in [0, 0.1) is 0 Å². The molecule has 0 aliphatic heterocycles. The minimum absolute atomic E-state index is 0.0289. The molecule has 2 nitrogen and oxygen atoms in total. The van der Waals surface area contributed by atoms with E-state index < -0.39 is 0 Å². The maximum absolute atomic E-state index is 9.58. The summed E-state index contributed by atoms with van der Waals surface area (Å²) in [6.07, 6.45) is 6.02. The van der Waals surface area contributed by atoms with E-state index >= 15 is 0 Å². The lowest BCUT2D eigenvalue weighted by Gasteiger charge is -2.40. The summed E-state index contributed by atoms with van der Waals surface area (Å²) >= 11 is 2.05. The van der Waals surface area contributed by atoms with Crippen LogP contribution in [0.3, 0.4) is 0 Å². The van der Waals surface area contributed by atoms with Crippen molar-refractivity contribution in [1.29, 1.82) is 0 Å². The standard InChI is InChI=1S/C12H25NOS/c1-3-8-13-12(10-14)7-5-6-11(9-12)15-4-2/h11,13-14H,3-10H2,1-2H3. The van der Waals surface area contributed by atoms with Crippen molar-refractivity contribution in [2.45, 2.75) is 56.7 Å². The van der Waals surface area contributed by atoms with E-state index in [0.717, 1.165) is 31.1 Å². The van der Waals surface area contributed by atoms with Crippen molar-refractivity contribution >= 4 is 11.8 Å². The predicted molar refractivity (Wildman–Crippen MR) is 68.5 cm³/mol. The first kappa shape index (κ1) is 13.3. The fraction of sp³-hybridized carbons (Fsp3) is 1.00. The average molecular weight is 231 g/mol. The largest absolute Gasteiger partial charge is 0.394 e. The van der Waals surface area contributed by atoms with Gasteiger partial charge in [-0.3, -0.25) is 0 Å². The van der Waals surface area contributed by atoms with E-state index in [4.69, 9.17) is 0 Å². The van der Waals surface area contributed by atoms with E-state index in [1.54, 1.807) is 0 Å². The van der Waals surface area contributed by atoms with Crippen LogP contribution in [-0.4, -0.2) is 34.8 Å². The number of aliphatic hydroxyl groups excluding tert-OH is 1. The smallest absolute Gasteiger partial charge is 0.0613 e. The van der Waals surface area contributed by atoms with Gasteiger partial charge in [-0.1, -0.05) is 20.3 Å². The third kappa shape index (κ3) is 3.97. The lowest BCUT2D eigenvalue weighted by molar-refractivity contribution is 0.124. The average Bonchev–Trinajstić information content (AvgIpc) is 2.27. The number of thioether (sulfide) groups is 1. The Hall–Kier alpha value is 0.270. The maximum Gasteiger partial charge on any atom is 0.0613 e. The molecule has 1 rings (SSSR count). The molecule has 0 spiro atoms. The highest BCUT2D eigenvalue weighted by Crippen LogP contribution is 2.34. The van der Waals surface area contributed by atoms with Crippen LogP contribution in [0.5, 0.6) is 0 Å². The molecule has 0 aromatic carbocycles. The molecule has 15 heavy (non-hydrogen) atoms. The van der Waals surface area contributed by atoms with E-state index in [0.29, 0.717) is 6.61 Å². The molecular weight excluding hydrogens is 206 g/mol. The van der Waals surface area contributed by atoms with Crippen molar-refractivity contribution < 1.29 is 5.11 Å². The first-order valence-corrected chi connectivity index (χ1v) is 7.28. The molecule has 2 N–H and O–H groups in total. The SMILES string of the molecule is CCCNC1(CO)CCCC(SCC)C1. The summed E-state index contributed by atoms with van der Waals surface area (Å²) in [7, 11) is 0. The van der Waals surface area contributed by atoms with Crippen molar-refractivity contribution in [3.63, 3.8) is 0 Å². The lowest BCUT2D eigenvalue weighted by Crippen LogP contribution is -2.52. The minimum atomic E-state index is 0.0289. The van der Waals surface area contributed by atoms with Crippen LogP contribution < -0.4 is 5.32 Å². The van der Waals surface area contributed by atoms with Crippen LogP contribution in [0.15, 0.2) is 0 Å². The molecule has 1 saturated carbocycles. The van der Waals surface area contributed by atoms with Gasteiger partial charge in [-0.2, -0.15) is 11.8 Å². The zero-order chi connectivity index (χ0) is 11.1. The molecule has 1 aliphatic carbocycles. The number of hydrogen-bond donors (Lipinski definition) is 2. The summed E-state index contributed by atoms with van der Waals surface area (Å²) in [6.45, 7) is 5.73. The quantitative estimate of drug-likeness (QED) is 0.736. The number of rotatable bonds is 6. The van der Waals surface area contributed by atoms with Crippen LogP contribution in [-0.2, 0) is 0 Å². The molecule has 2 atom stereocenters. The topological polar surface area (TPSA) is 32.3 Å². The molecule has 0 heterocycles. The van der Waals surface area contributed by atoms with Gasteiger partial charge in [0.25, 0.3) is 0 Å². The van der Waals surface area contributed by atoms with Crippen LogP contribution in [0.4, 0.5) is 0 Å². The fourth-order valence-corrected chi connectivity index (χ4v) is 3.68. The van der Waals surface area contributed by atoms with Gasteiger partial charge in [0.15, 0.2) is 0 Å². The number of aliphatic hydroxyl groups is 1. The van der Waals surface area contributed by atoms with Gasteiger partial charge in [-0.25, -0.2) is 0 Å². The molecule has 0 bridgehead atoms. The molecule has 0 saturated heterocycles. The highest BCUT2D eigenvalue weighted by Gasteiger charge is 2.34. The molecule has 90 valence electrons. The highest BCUT2D eigenvalue weighted by atomic mass is 32.2. The van der Waals surface area contributed by atoms with Gasteiger partial charge in [-0.15, -0.1) is 0 Å². The van der Waals surface area contributed by atoms with E-state index in [9.17, 15) is 5.11 Å². The van der Waals surface area contributed by atoms with Gasteiger partial charge < -0.3 is 10.4 Å². The summed E-state index contributed by atoms with van der Waals surface area (Å²) in [5.74, 6) is 1.19. The summed E-state index contributed by atoms with van der Waals surface area (Å²) in [4.78, 5) is 0. The van der Waals surface area contributed by atoms with Gasteiger partial charge in [0, 0.05) is 10.8 Å². The third-order valence-electron chi connectivity index (χ3n) is 3.25. The third-order valence-corrected chi connectivity index (χ3v) is 4.46. The maximum atomic E-state index is 9.58. The predicted octanol–water partition coefficient (Wildman–Crippen LogP) is 2.41. The second kappa shape index (κ2) is 6.77. The van der Waals surface area contributed by atoms with Crippen LogP contribution in [0.1, 0.15) is 46.0 Å². The highest BCUT2D eigenvalue weighted by molar-refractivity contribution is 7.99. The van der Waals surface area contributed by atoms with Crippen molar-refractivity contribution in [2.24, 2.45) is 0 Å². The van der Waals surface area contributed by atoms with Crippen molar-refractivity contribution in [3.05, 3.63) is 0 Å². The first-order chi connectivity index (χ1) is 7.26. The molecule has 2 unspecified atom stereocenters. The molecule has 0 radical (unpaired) electrons. The molecule has 0 aromatic rings. The van der Waals surface area contributed by atoms with Gasteiger partial charge in [0.2, 0.25) is 0 Å². The molecular formula is C12H25NOS. The Kier molecular flexibility index (Phi) is 6.02. The van der Waals surface area contributed by atoms with Crippen molar-refractivity contribution in [1.82, 2.24) is 5.32 Å². The Labute approximate surface area is 98.2 Å². The lowest BCUT2D eigenvalue weighted by atomic mass is 9.82. The van der Waals surface area contributed by atoms with E-state index in [1.807, 2.05) is 0 Å². The summed E-state index contributed by atoms with van der Waals surface area (Å²) < 4.78 is 0. The van der Waals surface area contributed by atoms with E-state index in [2.05, 4.69) is 30.9 Å². The van der Waals surface area contributed by atoms with Gasteiger partial charge in [0.05, 0.1) is 6.61 Å². The molecule has 0 aromatic heterocycles. The Morgan fingerprint density at radius 3 is 2.87 bits per heavy atom. The van der Waals surface area contributed by atoms with Gasteiger partial charge in [-0.05, 0) is 38.0 Å². The Bertz CT molecular complexity index is 175. The van der Waals surface area contributed by atoms with Gasteiger partial charge >= 0.3 is 0 Å². The van der Waals surface area contributed by atoms with Crippen molar-refractivity contribution in [2.75, 3.05) is 18.9 Å². The normalized spacial score (nSPS) is 31.8. The zero-order valence-electron chi connectivity index (χ0n) is 10.1. The van der Waals surface area contributed by atoms with Gasteiger partial charge in [0.1, 0.15) is 0 Å². The summed E-state index contributed by atoms with van der Waals surface area (Å²) in [6, 6.07) is 0. The molecule has 1 aliphatic rings. The second-order valence-corrected chi connectivity index (χ2v) is 6.12. The van der Waals surface area contributed by atoms with Crippen LogP contribution in [0.2, 0.25) is 0 Å². The fourth-order valence-electron chi connectivity index (χ4n) is 2.44. The Morgan fingerprint density at radius 1 is 1.47 bits per heavy atom. The number of nitrogens with one attached hydrogen (secondary N) is 1. The Balaban J connectivity index is 2.47.